The summed E-state index contributed by atoms with van der Waals surface area (Å²) < 4.78 is 17.0. The smallest absolute Gasteiger partial charge is 0.345 e. The van der Waals surface area contributed by atoms with Gasteiger partial charge in [0.25, 0.3) is 0 Å². The lowest BCUT2D eigenvalue weighted by Crippen LogP contribution is -2.39. The van der Waals surface area contributed by atoms with Crippen LogP contribution in [0, 0.1) is 29.6 Å². The fourth-order valence-corrected chi connectivity index (χ4v) is 5.87. The van der Waals surface area contributed by atoms with Crippen LogP contribution in [0.15, 0.2) is 0 Å². The molecule has 3 aliphatic carbocycles. The zero-order valence-corrected chi connectivity index (χ0v) is 18.2. The van der Waals surface area contributed by atoms with Gasteiger partial charge in [0.05, 0.1) is 36.3 Å². The lowest BCUT2D eigenvalue weighted by atomic mass is 9.80. The molecule has 0 aromatic heterocycles. The molecule has 5 aliphatic rings. The van der Waals surface area contributed by atoms with Crippen LogP contribution in [-0.2, 0) is 33.6 Å². The van der Waals surface area contributed by atoms with Crippen molar-refractivity contribution in [3.63, 3.8) is 0 Å². The first-order valence-corrected chi connectivity index (χ1v) is 11.8. The first-order chi connectivity index (χ1) is 14.4. The second kappa shape index (κ2) is 8.06. The average Bonchev–Trinajstić information content (AvgIpc) is 3.61. The molecule has 11 unspecified atom stereocenters. The van der Waals surface area contributed by atoms with E-state index >= 15 is 0 Å². The van der Waals surface area contributed by atoms with E-state index in [0.29, 0.717) is 24.5 Å². The molecule has 11 atom stereocenters. The van der Waals surface area contributed by atoms with E-state index in [-0.39, 0.29) is 60.0 Å². The monoisotopic (exact) mass is 422 g/mol. The summed E-state index contributed by atoms with van der Waals surface area (Å²) in [6.45, 7) is 6.27. The minimum Gasteiger partial charge on any atom is -0.462 e. The van der Waals surface area contributed by atoms with Gasteiger partial charge in [-0.2, -0.15) is 4.89 Å². The number of esters is 1. The van der Waals surface area contributed by atoms with Crippen LogP contribution in [0.2, 0.25) is 0 Å². The van der Waals surface area contributed by atoms with Gasteiger partial charge >= 0.3 is 11.9 Å². The van der Waals surface area contributed by atoms with E-state index in [0.717, 1.165) is 38.5 Å². The van der Waals surface area contributed by atoms with E-state index in [9.17, 15) is 9.59 Å². The number of carbonyl (C=O) groups is 2. The summed E-state index contributed by atoms with van der Waals surface area (Å²) in [6.07, 6.45) is 6.54. The second-order valence-corrected chi connectivity index (χ2v) is 10.4. The molecule has 0 aromatic rings. The highest BCUT2D eigenvalue weighted by atomic mass is 17.2. The van der Waals surface area contributed by atoms with Crippen molar-refractivity contribution in [2.75, 3.05) is 0 Å². The van der Waals surface area contributed by atoms with Crippen molar-refractivity contribution in [2.45, 2.75) is 102 Å². The van der Waals surface area contributed by atoms with Gasteiger partial charge in [0.15, 0.2) is 0 Å². The summed E-state index contributed by atoms with van der Waals surface area (Å²) in [7, 11) is 0. The molecule has 0 spiro atoms. The highest BCUT2D eigenvalue weighted by Gasteiger charge is 2.51. The van der Waals surface area contributed by atoms with Crippen molar-refractivity contribution in [3.05, 3.63) is 0 Å². The Morgan fingerprint density at radius 1 is 0.700 bits per heavy atom. The highest BCUT2D eigenvalue weighted by Crippen LogP contribution is 2.44. The molecule has 7 heteroatoms. The van der Waals surface area contributed by atoms with Crippen LogP contribution in [0.25, 0.3) is 0 Å². The Morgan fingerprint density at radius 2 is 1.27 bits per heavy atom. The van der Waals surface area contributed by atoms with Crippen LogP contribution < -0.4 is 0 Å². The first kappa shape index (κ1) is 20.7. The van der Waals surface area contributed by atoms with E-state index in [1.54, 1.807) is 0 Å². The topological polar surface area (TPSA) is 86.9 Å². The van der Waals surface area contributed by atoms with Crippen molar-refractivity contribution < 1.29 is 33.6 Å². The number of ether oxygens (including phenoxy) is 3. The van der Waals surface area contributed by atoms with Crippen LogP contribution in [0.5, 0.6) is 0 Å². The van der Waals surface area contributed by atoms with Gasteiger partial charge in [-0.05, 0) is 62.7 Å². The van der Waals surface area contributed by atoms with Crippen molar-refractivity contribution in [1.82, 2.24) is 0 Å². The van der Waals surface area contributed by atoms with Gasteiger partial charge in [0.1, 0.15) is 12.2 Å². The molecule has 2 aliphatic heterocycles. The fourth-order valence-electron chi connectivity index (χ4n) is 5.87. The summed E-state index contributed by atoms with van der Waals surface area (Å²) in [5.41, 5.74) is 0. The van der Waals surface area contributed by atoms with E-state index < -0.39 is 0 Å². The van der Waals surface area contributed by atoms with Gasteiger partial charge in [0.2, 0.25) is 0 Å². The first-order valence-electron chi connectivity index (χ1n) is 11.8. The minimum absolute atomic E-state index is 0.0524. The van der Waals surface area contributed by atoms with Crippen LogP contribution in [0.1, 0.15) is 65.7 Å². The molecular weight excluding hydrogens is 388 g/mol. The molecule has 168 valence electrons. The van der Waals surface area contributed by atoms with Gasteiger partial charge in [-0.3, -0.25) is 9.68 Å². The molecule has 30 heavy (non-hydrogen) atoms. The Labute approximate surface area is 178 Å². The standard InChI is InChI=1S/C23H34O7/c1-11-7-18-20(26-18)9-15(11)22(24)28-17-5-4-14(6-13(17)3)29-30-23(25)16-10-21-19(27-21)8-12(16)2/h11-21H,4-10H2,1-3H3. The molecule has 0 aromatic carbocycles. The summed E-state index contributed by atoms with van der Waals surface area (Å²) in [5, 5.41) is 0. The maximum absolute atomic E-state index is 12.7. The SMILES string of the molecule is CC1CC(OOC(=O)C2CC3OC3CC2C)CCC1OC(=O)C1CC2OC2CC1C. The lowest BCUT2D eigenvalue weighted by Gasteiger charge is -2.34. The van der Waals surface area contributed by atoms with Crippen LogP contribution in [0.4, 0.5) is 0 Å². The number of epoxide rings is 2. The number of hydrogen-bond donors (Lipinski definition) is 0. The molecule has 2 heterocycles. The van der Waals surface area contributed by atoms with E-state index in [2.05, 4.69) is 20.8 Å². The average molecular weight is 423 g/mol. The third kappa shape index (κ3) is 4.26. The Bertz CT molecular complexity index is 680. The third-order valence-corrected chi connectivity index (χ3v) is 8.11. The molecular formula is C23H34O7. The zero-order chi connectivity index (χ0) is 21.0. The Balaban J connectivity index is 1.05. The van der Waals surface area contributed by atoms with Crippen LogP contribution in [-0.4, -0.2) is 48.6 Å². The maximum atomic E-state index is 12.7. The predicted molar refractivity (Wildman–Crippen MR) is 105 cm³/mol. The number of hydrogen-bond acceptors (Lipinski definition) is 7. The largest absolute Gasteiger partial charge is 0.462 e. The van der Waals surface area contributed by atoms with Gasteiger partial charge in [-0.15, -0.1) is 0 Å². The third-order valence-electron chi connectivity index (χ3n) is 8.11. The number of carbonyl (C=O) groups excluding carboxylic acids is 2. The number of fused-ring (bicyclic) bond motifs is 2. The van der Waals surface area contributed by atoms with E-state index in [1.807, 2.05) is 0 Å². The van der Waals surface area contributed by atoms with Crippen molar-refractivity contribution >= 4 is 11.9 Å². The molecule has 5 fully saturated rings. The molecule has 0 amide bonds. The van der Waals surface area contributed by atoms with Crippen molar-refractivity contribution in [2.24, 2.45) is 29.6 Å². The van der Waals surface area contributed by atoms with Crippen LogP contribution in [0.3, 0.4) is 0 Å². The molecule has 0 radical (unpaired) electrons. The zero-order valence-electron chi connectivity index (χ0n) is 18.2. The molecule has 0 N–H and O–H groups in total. The minimum atomic E-state index is -0.274. The second-order valence-electron chi connectivity index (χ2n) is 10.4. The molecule has 0 bridgehead atoms. The molecule has 5 rings (SSSR count). The van der Waals surface area contributed by atoms with Gasteiger partial charge < -0.3 is 14.2 Å². The summed E-state index contributed by atoms with van der Waals surface area (Å²) in [6, 6.07) is 0. The van der Waals surface area contributed by atoms with E-state index in [1.165, 1.54) is 0 Å². The summed E-state index contributed by atoms with van der Waals surface area (Å²) in [4.78, 5) is 35.9. The molecule has 7 nitrogen and oxygen atoms in total. The molecule has 2 saturated heterocycles. The summed E-state index contributed by atoms with van der Waals surface area (Å²) >= 11 is 0. The molecule has 3 saturated carbocycles. The maximum Gasteiger partial charge on any atom is 0.345 e. The van der Waals surface area contributed by atoms with Gasteiger partial charge in [-0.25, -0.2) is 4.79 Å². The van der Waals surface area contributed by atoms with Gasteiger partial charge in [-0.1, -0.05) is 20.8 Å². The normalized spacial score (nSPS) is 49.4. The predicted octanol–water partition coefficient (Wildman–Crippen LogP) is 3.19. The Hall–Kier alpha value is -1.18. The number of rotatable bonds is 5. The van der Waals surface area contributed by atoms with E-state index in [4.69, 9.17) is 24.0 Å². The quantitative estimate of drug-likeness (QED) is 0.291. The lowest BCUT2D eigenvalue weighted by molar-refractivity contribution is -0.310. The van der Waals surface area contributed by atoms with Gasteiger partial charge in [0, 0.05) is 0 Å². The van der Waals surface area contributed by atoms with Crippen LogP contribution >= 0.6 is 0 Å². The fraction of sp³-hybridized carbons (Fsp3) is 0.913. The van der Waals surface area contributed by atoms with Crippen molar-refractivity contribution in [3.8, 4) is 0 Å². The van der Waals surface area contributed by atoms with Crippen molar-refractivity contribution in [1.29, 1.82) is 0 Å². The Morgan fingerprint density at radius 3 is 1.87 bits per heavy atom. The highest BCUT2D eigenvalue weighted by molar-refractivity contribution is 5.73. The Kier molecular flexibility index (Phi) is 5.57. The summed E-state index contributed by atoms with van der Waals surface area (Å²) in [5.74, 6) is 0.200.